The van der Waals surface area contributed by atoms with Gasteiger partial charge in [-0.2, -0.15) is 0 Å². The zero-order valence-corrected chi connectivity index (χ0v) is 47.0. The van der Waals surface area contributed by atoms with E-state index in [1.807, 2.05) is 0 Å². The largest absolute Gasteiger partial charge is 0.311 e. The quantitative estimate of drug-likeness (QED) is 0.0995. The highest BCUT2D eigenvalue weighted by molar-refractivity contribution is 7.00. The molecular weight excluding hydrogens is 964 g/mol. The number of anilines is 6. The van der Waals surface area contributed by atoms with E-state index in [-0.39, 0.29) is 17.5 Å². The summed E-state index contributed by atoms with van der Waals surface area (Å²) in [6.45, 7) is 16.3. The van der Waals surface area contributed by atoms with Gasteiger partial charge in [0.05, 0.1) is 10.8 Å². The Kier molecular flexibility index (Phi) is 12.5. The number of rotatable bonds is 10. The van der Waals surface area contributed by atoms with E-state index >= 15 is 0 Å². The second-order valence-electron chi connectivity index (χ2n) is 24.2. The van der Waals surface area contributed by atoms with Crippen molar-refractivity contribution in [3.63, 3.8) is 0 Å². The average Bonchev–Trinajstić information content (AvgIpc) is 3.65. The van der Waals surface area contributed by atoms with Gasteiger partial charge in [-0.15, -0.1) is 0 Å². The summed E-state index contributed by atoms with van der Waals surface area (Å²) in [5.74, 6) is 0. The van der Waals surface area contributed by atoms with Crippen LogP contribution in [0.15, 0.2) is 279 Å². The van der Waals surface area contributed by atoms with Crippen LogP contribution in [0, 0.1) is 6.92 Å². The summed E-state index contributed by atoms with van der Waals surface area (Å²) >= 11 is 0. The maximum atomic E-state index is 2.58. The summed E-state index contributed by atoms with van der Waals surface area (Å²) in [6.07, 6.45) is 0. The SMILES string of the molecule is Cc1cc2c3c(c1)N(c1ccc(C(c4ccccc4)(c4ccccc4)c4ccccc4)cc1)c1cc(C(C)(C)C)ccc1B3c1ccc(C(C)(C)C)cc1N2c1ccc(C(c2ccccc2)(c2ccccc2)c2ccccc2)cc1. The van der Waals surface area contributed by atoms with Crippen LogP contribution in [0.25, 0.3) is 0 Å². The predicted molar refractivity (Wildman–Crippen MR) is 339 cm³/mol. The zero-order valence-electron chi connectivity index (χ0n) is 47.0. The van der Waals surface area contributed by atoms with E-state index in [0.717, 1.165) is 11.4 Å². The van der Waals surface area contributed by atoms with Crippen molar-refractivity contribution in [2.45, 2.75) is 70.1 Å². The van der Waals surface area contributed by atoms with Gasteiger partial charge in [0.15, 0.2) is 0 Å². The maximum Gasteiger partial charge on any atom is 0.252 e. The summed E-state index contributed by atoms with van der Waals surface area (Å²) in [7, 11) is 0. The lowest BCUT2D eigenvalue weighted by atomic mass is 9.33. The number of hydrogen-bond donors (Lipinski definition) is 0. The minimum atomic E-state index is -0.566. The molecule has 2 aliphatic rings. The fourth-order valence-electron chi connectivity index (χ4n) is 13.5. The molecule has 0 saturated heterocycles. The third-order valence-electron chi connectivity index (χ3n) is 17.3. The molecule has 11 aromatic carbocycles. The highest BCUT2D eigenvalue weighted by atomic mass is 15.2. The lowest BCUT2D eigenvalue weighted by molar-refractivity contribution is 0.590. The van der Waals surface area contributed by atoms with Crippen LogP contribution >= 0.6 is 0 Å². The first kappa shape index (κ1) is 50.6. The Hall–Kier alpha value is -8.92. The molecule has 388 valence electrons. The van der Waals surface area contributed by atoms with Crippen LogP contribution in [0.4, 0.5) is 34.1 Å². The molecule has 11 aromatic rings. The van der Waals surface area contributed by atoms with Gasteiger partial charge in [0.1, 0.15) is 0 Å². The molecule has 3 heteroatoms. The van der Waals surface area contributed by atoms with Gasteiger partial charge in [0.25, 0.3) is 6.71 Å². The van der Waals surface area contributed by atoms with Crippen LogP contribution in [0.1, 0.15) is 103 Å². The molecule has 80 heavy (non-hydrogen) atoms. The standard InChI is InChI=1S/C77H67BN2/c1-54-50-71-73-72(51-54)80(66-46-40-62(41-47-66)77(58-32-20-11-21-33-58,59-34-22-12-23-35-59)60-36-24-13-25-37-60)70-53-64(75(5,6)7)43-49-68(70)78(73)67-48-42-63(74(2,3)4)52-69(67)79(71)65-44-38-61(39-45-65)76(55-26-14-8-15-27-55,56-28-16-9-17-29-56)57-30-18-10-19-31-57/h8-53H,1-7H3. The second kappa shape index (κ2) is 19.8. The maximum absolute atomic E-state index is 2.58. The molecule has 0 N–H and O–H groups in total. The van der Waals surface area contributed by atoms with Crippen LogP contribution in [0.3, 0.4) is 0 Å². The van der Waals surface area contributed by atoms with Crippen LogP contribution < -0.4 is 26.2 Å². The molecule has 0 radical (unpaired) electrons. The molecule has 2 aliphatic heterocycles. The molecule has 0 atom stereocenters. The van der Waals surface area contributed by atoms with E-state index in [1.165, 1.54) is 100 Å². The Balaban J connectivity index is 1.04. The Morgan fingerprint density at radius 3 is 0.775 bits per heavy atom. The number of benzene rings is 11. The van der Waals surface area contributed by atoms with E-state index in [2.05, 4.69) is 337 Å². The fourth-order valence-corrected chi connectivity index (χ4v) is 13.5. The normalized spacial score (nSPS) is 13.1. The van der Waals surface area contributed by atoms with Crippen LogP contribution in [-0.2, 0) is 21.7 Å². The Morgan fingerprint density at radius 1 is 0.263 bits per heavy atom. The van der Waals surface area contributed by atoms with Gasteiger partial charge >= 0.3 is 0 Å². The molecule has 2 heterocycles. The highest BCUT2D eigenvalue weighted by Crippen LogP contribution is 2.51. The van der Waals surface area contributed by atoms with Crippen molar-refractivity contribution in [3.8, 4) is 0 Å². The van der Waals surface area contributed by atoms with E-state index in [9.17, 15) is 0 Å². The van der Waals surface area contributed by atoms with Gasteiger partial charge in [-0.1, -0.05) is 272 Å². The van der Waals surface area contributed by atoms with Gasteiger partial charge < -0.3 is 9.80 Å². The molecule has 0 aliphatic carbocycles. The first-order valence-corrected chi connectivity index (χ1v) is 28.4. The summed E-state index contributed by atoms with van der Waals surface area (Å²) in [5.41, 5.74) is 23.4. The molecule has 2 nitrogen and oxygen atoms in total. The zero-order chi connectivity index (χ0) is 54.8. The number of nitrogens with zero attached hydrogens (tertiary/aromatic N) is 2. The third-order valence-corrected chi connectivity index (χ3v) is 17.3. The Morgan fingerprint density at radius 2 is 0.512 bits per heavy atom. The fraction of sp³-hybridized carbons (Fsp3) is 0.143. The van der Waals surface area contributed by atoms with Gasteiger partial charge in [-0.25, -0.2) is 0 Å². The Labute approximate surface area is 474 Å². The first-order valence-electron chi connectivity index (χ1n) is 28.4. The lowest BCUT2D eigenvalue weighted by Gasteiger charge is -2.45. The molecular formula is C77H67BN2. The first-order chi connectivity index (χ1) is 38.9. The number of fused-ring (bicyclic) bond motifs is 4. The van der Waals surface area contributed by atoms with Gasteiger partial charge in [0.2, 0.25) is 0 Å². The summed E-state index contributed by atoms with van der Waals surface area (Å²) in [6, 6.07) is 105. The second-order valence-corrected chi connectivity index (χ2v) is 24.2. The number of hydrogen-bond acceptors (Lipinski definition) is 2. The summed E-state index contributed by atoms with van der Waals surface area (Å²) < 4.78 is 0. The third kappa shape index (κ3) is 8.24. The van der Waals surface area contributed by atoms with Crippen molar-refractivity contribution < 1.29 is 0 Å². The molecule has 13 rings (SSSR count). The van der Waals surface area contributed by atoms with Crippen molar-refractivity contribution in [3.05, 3.63) is 340 Å². The minimum Gasteiger partial charge on any atom is -0.311 e. The van der Waals surface area contributed by atoms with Gasteiger partial charge in [-0.05, 0) is 144 Å². The van der Waals surface area contributed by atoms with Crippen molar-refractivity contribution in [2.24, 2.45) is 0 Å². The van der Waals surface area contributed by atoms with Crippen molar-refractivity contribution >= 4 is 57.2 Å². The van der Waals surface area contributed by atoms with Crippen molar-refractivity contribution in [2.75, 3.05) is 9.80 Å². The molecule has 0 spiro atoms. The summed E-state index contributed by atoms with van der Waals surface area (Å²) in [4.78, 5) is 5.16. The lowest BCUT2D eigenvalue weighted by Crippen LogP contribution is -2.61. The van der Waals surface area contributed by atoms with Crippen molar-refractivity contribution in [1.82, 2.24) is 0 Å². The van der Waals surface area contributed by atoms with Crippen LogP contribution in [-0.4, -0.2) is 6.71 Å². The minimum absolute atomic E-state index is 0.0107. The van der Waals surface area contributed by atoms with Crippen LogP contribution in [0.5, 0.6) is 0 Å². The van der Waals surface area contributed by atoms with Gasteiger partial charge in [0, 0.05) is 34.1 Å². The van der Waals surface area contributed by atoms with Crippen LogP contribution in [0.2, 0.25) is 0 Å². The van der Waals surface area contributed by atoms with Crippen molar-refractivity contribution in [1.29, 1.82) is 0 Å². The van der Waals surface area contributed by atoms with Gasteiger partial charge in [-0.3, -0.25) is 0 Å². The molecule has 0 saturated carbocycles. The topological polar surface area (TPSA) is 6.48 Å². The van der Waals surface area contributed by atoms with E-state index in [4.69, 9.17) is 0 Å². The Bertz CT molecular complexity index is 3540. The van der Waals surface area contributed by atoms with E-state index in [0.29, 0.717) is 0 Å². The highest BCUT2D eigenvalue weighted by Gasteiger charge is 2.46. The molecule has 0 fully saturated rings. The monoisotopic (exact) mass is 1030 g/mol. The molecule has 0 bridgehead atoms. The summed E-state index contributed by atoms with van der Waals surface area (Å²) in [5, 5.41) is 0. The molecule has 0 unspecified atom stereocenters. The van der Waals surface area contributed by atoms with E-state index < -0.39 is 10.8 Å². The average molecular weight is 1030 g/mol. The predicted octanol–water partition coefficient (Wildman–Crippen LogP) is 17.4. The smallest absolute Gasteiger partial charge is 0.252 e. The molecule has 0 amide bonds. The van der Waals surface area contributed by atoms with E-state index in [1.54, 1.807) is 0 Å². The molecule has 0 aromatic heterocycles. The number of aryl methyl sites for hydroxylation is 1.